The molecule has 0 bridgehead atoms. The number of allylic oxidation sites excluding steroid dienone is 1. The zero-order valence-corrected chi connectivity index (χ0v) is 18.5. The van der Waals surface area contributed by atoms with Crippen LogP contribution in [0.1, 0.15) is 53.4 Å². The molecule has 1 spiro atoms. The number of carbonyl (C=O) groups excluding carboxylic acids is 1. The molecule has 2 N–H and O–H groups in total. The fourth-order valence-electron chi connectivity index (χ4n) is 3.96. The van der Waals surface area contributed by atoms with Gasteiger partial charge in [-0.2, -0.15) is 0 Å². The fraction of sp³-hybridized carbons (Fsp3) is 0.667. The number of hydrogen-bond acceptors (Lipinski definition) is 5. The molecule has 0 aromatic carbocycles. The molecule has 166 valence electrons. The number of ether oxygens (including phenoxy) is 3. The SMILES string of the molecule is C/C(C=C=C1C[C@@]2(CCO1)CO2)=C\C[C@@H]1O[C@H](C)[C@H](NC(=O)/C=C\[C@H](C)O)C[C@@H]1C. The Labute approximate surface area is 179 Å². The fourth-order valence-corrected chi connectivity index (χ4v) is 3.96. The average molecular weight is 418 g/mol. The smallest absolute Gasteiger partial charge is 0.244 e. The summed E-state index contributed by atoms with van der Waals surface area (Å²) in [6.07, 6.45) is 9.91. The van der Waals surface area contributed by atoms with Gasteiger partial charge in [-0.25, -0.2) is 0 Å². The van der Waals surface area contributed by atoms with Crippen molar-refractivity contribution < 1.29 is 24.1 Å². The van der Waals surface area contributed by atoms with Crippen molar-refractivity contribution in [3.05, 3.63) is 41.4 Å². The van der Waals surface area contributed by atoms with Gasteiger partial charge in [-0.15, -0.1) is 0 Å². The Morgan fingerprint density at radius 1 is 1.43 bits per heavy atom. The third-order valence-electron chi connectivity index (χ3n) is 6.07. The lowest BCUT2D eigenvalue weighted by Gasteiger charge is -2.39. The topological polar surface area (TPSA) is 80.3 Å². The zero-order valence-electron chi connectivity index (χ0n) is 18.5. The number of rotatable bonds is 6. The Bertz CT molecular complexity index is 743. The van der Waals surface area contributed by atoms with Gasteiger partial charge in [0.25, 0.3) is 0 Å². The largest absolute Gasteiger partial charge is 0.490 e. The van der Waals surface area contributed by atoms with Crippen LogP contribution in [-0.4, -0.2) is 54.2 Å². The van der Waals surface area contributed by atoms with Crippen LogP contribution in [0.5, 0.6) is 0 Å². The highest BCUT2D eigenvalue weighted by Crippen LogP contribution is 2.40. The monoisotopic (exact) mass is 417 g/mol. The molecule has 0 saturated carbocycles. The number of aliphatic hydroxyl groups is 1. The molecule has 6 heteroatoms. The zero-order chi connectivity index (χ0) is 21.7. The van der Waals surface area contributed by atoms with Crippen molar-refractivity contribution >= 4 is 5.91 Å². The van der Waals surface area contributed by atoms with E-state index < -0.39 is 6.10 Å². The van der Waals surface area contributed by atoms with Gasteiger partial charge in [-0.3, -0.25) is 4.79 Å². The van der Waals surface area contributed by atoms with Gasteiger partial charge in [0.05, 0.1) is 37.6 Å². The van der Waals surface area contributed by atoms with Crippen LogP contribution in [0.2, 0.25) is 0 Å². The van der Waals surface area contributed by atoms with E-state index in [4.69, 9.17) is 14.2 Å². The van der Waals surface area contributed by atoms with Crippen molar-refractivity contribution in [2.24, 2.45) is 5.92 Å². The van der Waals surface area contributed by atoms with Gasteiger partial charge in [0.1, 0.15) is 11.4 Å². The van der Waals surface area contributed by atoms with E-state index in [1.165, 1.54) is 12.2 Å². The van der Waals surface area contributed by atoms with Crippen LogP contribution >= 0.6 is 0 Å². The van der Waals surface area contributed by atoms with Crippen molar-refractivity contribution in [1.82, 2.24) is 5.32 Å². The molecule has 0 aromatic heterocycles. The summed E-state index contributed by atoms with van der Waals surface area (Å²) in [5.74, 6) is 1.01. The molecule has 6 atom stereocenters. The summed E-state index contributed by atoms with van der Waals surface area (Å²) in [6, 6.07) is -0.0301. The highest BCUT2D eigenvalue weighted by atomic mass is 16.6. The summed E-state index contributed by atoms with van der Waals surface area (Å²) in [5.41, 5.74) is 4.44. The number of aliphatic hydroxyl groups excluding tert-OH is 1. The van der Waals surface area contributed by atoms with Gasteiger partial charge in [-0.05, 0) is 51.2 Å². The Kier molecular flexibility index (Phi) is 7.59. The molecule has 3 heterocycles. The minimum Gasteiger partial charge on any atom is -0.490 e. The predicted molar refractivity (Wildman–Crippen MR) is 115 cm³/mol. The second kappa shape index (κ2) is 9.97. The number of nitrogens with one attached hydrogen (secondary N) is 1. The highest BCUT2D eigenvalue weighted by Gasteiger charge is 2.47. The minimum atomic E-state index is -0.633. The molecule has 0 radical (unpaired) electrons. The molecule has 3 aliphatic rings. The van der Waals surface area contributed by atoms with E-state index in [0.29, 0.717) is 12.5 Å². The van der Waals surface area contributed by atoms with Gasteiger partial charge in [0.2, 0.25) is 5.91 Å². The van der Waals surface area contributed by atoms with Crippen LogP contribution in [0.4, 0.5) is 0 Å². The number of epoxide rings is 1. The van der Waals surface area contributed by atoms with E-state index in [-0.39, 0.29) is 29.8 Å². The lowest BCUT2D eigenvalue weighted by atomic mass is 9.88. The molecule has 3 aliphatic heterocycles. The van der Waals surface area contributed by atoms with Crippen molar-refractivity contribution in [1.29, 1.82) is 0 Å². The van der Waals surface area contributed by atoms with E-state index in [1.54, 1.807) is 6.92 Å². The average Bonchev–Trinajstić information content (AvgIpc) is 3.44. The maximum absolute atomic E-state index is 12.0. The third kappa shape index (κ3) is 6.58. The lowest BCUT2D eigenvalue weighted by molar-refractivity contribution is -0.123. The van der Waals surface area contributed by atoms with Crippen LogP contribution < -0.4 is 5.32 Å². The summed E-state index contributed by atoms with van der Waals surface area (Å²) in [7, 11) is 0. The Hall–Kier alpha value is -1.85. The van der Waals surface area contributed by atoms with Crippen molar-refractivity contribution in [3.8, 4) is 0 Å². The number of hydrogen-bond donors (Lipinski definition) is 2. The molecule has 1 amide bonds. The van der Waals surface area contributed by atoms with Gasteiger partial charge < -0.3 is 24.6 Å². The highest BCUT2D eigenvalue weighted by molar-refractivity contribution is 5.87. The van der Waals surface area contributed by atoms with E-state index in [0.717, 1.165) is 43.6 Å². The quantitative estimate of drug-likeness (QED) is 0.300. The second-order valence-electron chi connectivity index (χ2n) is 8.95. The third-order valence-corrected chi connectivity index (χ3v) is 6.07. The first-order valence-corrected chi connectivity index (χ1v) is 11.0. The molecular formula is C24H35NO5. The number of carbonyl (C=O) groups is 1. The van der Waals surface area contributed by atoms with E-state index >= 15 is 0 Å². The summed E-state index contributed by atoms with van der Waals surface area (Å²) >= 11 is 0. The molecule has 0 aliphatic carbocycles. The molecule has 6 nitrogen and oxygen atoms in total. The first-order valence-electron chi connectivity index (χ1n) is 11.0. The Balaban J connectivity index is 1.50. The van der Waals surface area contributed by atoms with Crippen molar-refractivity contribution in [3.63, 3.8) is 0 Å². The summed E-state index contributed by atoms with van der Waals surface area (Å²) in [4.78, 5) is 12.0. The summed E-state index contributed by atoms with van der Waals surface area (Å²) in [6.45, 7) is 9.38. The molecular weight excluding hydrogens is 382 g/mol. The van der Waals surface area contributed by atoms with Gasteiger partial charge in [0, 0.05) is 18.9 Å². The van der Waals surface area contributed by atoms with Crippen LogP contribution in [0.3, 0.4) is 0 Å². The van der Waals surface area contributed by atoms with Crippen LogP contribution in [0.25, 0.3) is 0 Å². The van der Waals surface area contributed by atoms with Crippen molar-refractivity contribution in [2.75, 3.05) is 13.2 Å². The number of amides is 1. The molecule has 0 unspecified atom stereocenters. The summed E-state index contributed by atoms with van der Waals surface area (Å²) < 4.78 is 17.4. The Morgan fingerprint density at radius 3 is 2.90 bits per heavy atom. The molecule has 3 rings (SSSR count). The van der Waals surface area contributed by atoms with Gasteiger partial charge in [0.15, 0.2) is 0 Å². The van der Waals surface area contributed by atoms with Gasteiger partial charge in [-0.1, -0.05) is 24.8 Å². The van der Waals surface area contributed by atoms with Crippen LogP contribution in [0.15, 0.2) is 41.4 Å². The van der Waals surface area contributed by atoms with Crippen LogP contribution in [0, 0.1) is 5.92 Å². The first-order chi connectivity index (χ1) is 14.3. The molecule has 0 aromatic rings. The predicted octanol–water partition coefficient (Wildman–Crippen LogP) is 3.18. The standard InChI is InChI=1S/C24H35NO5/c1-16(5-8-20-14-24(15-29-24)11-12-28-20)6-9-22-17(2)13-21(19(4)30-22)25-23(27)10-7-18(3)26/h5-7,10,17-19,21-22,26H,9,11-15H2,1-4H3,(H,25,27)/b10-7-,16-6+/t8?,17-,18-,19+,21+,22-,24-/m0/s1. The maximum Gasteiger partial charge on any atom is 0.244 e. The normalized spacial score (nSPS) is 35.0. The molecule has 3 saturated heterocycles. The Morgan fingerprint density at radius 2 is 2.20 bits per heavy atom. The van der Waals surface area contributed by atoms with Crippen molar-refractivity contribution in [2.45, 2.75) is 83.3 Å². The molecule has 3 fully saturated rings. The second-order valence-corrected chi connectivity index (χ2v) is 8.95. The first kappa shape index (κ1) is 22.8. The van der Waals surface area contributed by atoms with E-state index in [1.807, 2.05) is 13.0 Å². The van der Waals surface area contributed by atoms with E-state index in [9.17, 15) is 9.90 Å². The minimum absolute atomic E-state index is 0.0301. The maximum atomic E-state index is 12.0. The van der Waals surface area contributed by atoms with Crippen LogP contribution in [-0.2, 0) is 19.0 Å². The molecule has 30 heavy (non-hydrogen) atoms. The van der Waals surface area contributed by atoms with Gasteiger partial charge >= 0.3 is 0 Å². The van der Waals surface area contributed by atoms with E-state index in [2.05, 4.69) is 31.0 Å². The summed E-state index contributed by atoms with van der Waals surface area (Å²) in [5, 5.41) is 12.2. The lowest BCUT2D eigenvalue weighted by Crippen LogP contribution is -2.50.